The number of rotatable bonds is 8. The van der Waals surface area contributed by atoms with Crippen LogP contribution in [0.3, 0.4) is 0 Å². The minimum Gasteiger partial charge on any atom is -0.378 e. The minimum absolute atomic E-state index is 0.0452. The van der Waals surface area contributed by atoms with Gasteiger partial charge in [0, 0.05) is 5.56 Å². The number of nitrogens with zero attached hydrogens (tertiary/aromatic N) is 2. The molecule has 0 aliphatic carbocycles. The van der Waals surface area contributed by atoms with Gasteiger partial charge in [-0.2, -0.15) is 13.5 Å². The monoisotopic (exact) mass is 516 g/mol. The van der Waals surface area contributed by atoms with E-state index in [1.807, 2.05) is 48.5 Å². The molecule has 10 heteroatoms. The molecule has 0 radical (unpaired) electrons. The summed E-state index contributed by atoms with van der Waals surface area (Å²) in [5.41, 5.74) is 4.56. The highest BCUT2D eigenvalue weighted by molar-refractivity contribution is 7.99. The van der Waals surface area contributed by atoms with Crippen molar-refractivity contribution in [2.24, 2.45) is 5.10 Å². The molecule has 1 amide bonds. The van der Waals surface area contributed by atoms with Gasteiger partial charge >= 0.3 is 10.1 Å². The van der Waals surface area contributed by atoms with Gasteiger partial charge < -0.3 is 9.17 Å². The van der Waals surface area contributed by atoms with Gasteiger partial charge in [-0.05, 0) is 47.2 Å². The maximum absolute atomic E-state index is 12.9. The number of thioether (sulfide) groups is 1. The minimum atomic E-state index is -4.08. The average molecular weight is 517 g/mol. The predicted molar refractivity (Wildman–Crippen MR) is 141 cm³/mol. The maximum Gasteiger partial charge on any atom is 0.339 e. The van der Waals surface area contributed by atoms with E-state index in [4.69, 9.17) is 4.18 Å². The Morgan fingerprint density at radius 1 is 0.972 bits per heavy atom. The number of nitrogens with one attached hydrogen (secondary N) is 2. The van der Waals surface area contributed by atoms with Crippen LogP contribution in [-0.4, -0.2) is 36.3 Å². The highest BCUT2D eigenvalue weighted by Gasteiger charge is 2.18. The summed E-state index contributed by atoms with van der Waals surface area (Å²) in [7, 11) is -4.08. The highest BCUT2D eigenvalue weighted by atomic mass is 32.2. The Labute approximate surface area is 211 Å². The van der Waals surface area contributed by atoms with Crippen LogP contribution in [0.15, 0.2) is 106 Å². The van der Waals surface area contributed by atoms with E-state index in [-0.39, 0.29) is 22.3 Å². The number of para-hydroxylation sites is 3. The first-order chi connectivity index (χ1) is 17.5. The Morgan fingerprint density at radius 3 is 2.58 bits per heavy atom. The number of carbonyl (C=O) groups excluding carboxylic acids is 1. The van der Waals surface area contributed by atoms with Crippen molar-refractivity contribution in [3.63, 3.8) is 0 Å². The zero-order valence-electron chi connectivity index (χ0n) is 18.8. The lowest BCUT2D eigenvalue weighted by Crippen LogP contribution is -2.19. The summed E-state index contributed by atoms with van der Waals surface area (Å²) in [6.45, 7) is 0. The van der Waals surface area contributed by atoms with Crippen molar-refractivity contribution in [3.8, 4) is 5.75 Å². The van der Waals surface area contributed by atoms with Crippen molar-refractivity contribution in [2.45, 2.75) is 10.1 Å². The zero-order valence-corrected chi connectivity index (χ0v) is 20.4. The topological polar surface area (TPSA) is 114 Å². The molecule has 0 saturated carbocycles. The number of fused-ring (bicyclic) bond motifs is 2. The summed E-state index contributed by atoms with van der Waals surface area (Å²) in [5, 5.41) is 6.31. The number of H-pyrrole nitrogens is 1. The molecular formula is C26H20N4O4S2. The molecule has 0 bridgehead atoms. The van der Waals surface area contributed by atoms with Crippen molar-refractivity contribution >= 4 is 55.8 Å². The van der Waals surface area contributed by atoms with Crippen LogP contribution in [0.25, 0.3) is 21.8 Å². The van der Waals surface area contributed by atoms with Crippen molar-refractivity contribution in [3.05, 3.63) is 96.6 Å². The predicted octanol–water partition coefficient (Wildman–Crippen LogP) is 4.73. The average Bonchev–Trinajstić information content (AvgIpc) is 3.31. The van der Waals surface area contributed by atoms with E-state index in [1.54, 1.807) is 30.3 Å². The zero-order chi connectivity index (χ0) is 25.0. The van der Waals surface area contributed by atoms with Gasteiger partial charge in [-0.15, -0.1) is 0 Å². The Kier molecular flexibility index (Phi) is 6.70. The summed E-state index contributed by atoms with van der Waals surface area (Å²) in [5.74, 6) is -0.134. The number of hydrazone groups is 1. The van der Waals surface area contributed by atoms with E-state index in [0.29, 0.717) is 10.7 Å². The van der Waals surface area contributed by atoms with Crippen LogP contribution >= 0.6 is 11.8 Å². The molecule has 8 nitrogen and oxygen atoms in total. The number of imidazole rings is 1. The Morgan fingerprint density at radius 2 is 1.72 bits per heavy atom. The fraction of sp³-hybridized carbons (Fsp3) is 0.0385. The molecule has 4 aromatic carbocycles. The summed E-state index contributed by atoms with van der Waals surface area (Å²) < 4.78 is 31.2. The number of amides is 1. The van der Waals surface area contributed by atoms with Crippen LogP contribution in [0, 0.1) is 0 Å². The number of hydrogen-bond donors (Lipinski definition) is 2. The lowest BCUT2D eigenvalue weighted by Gasteiger charge is -2.10. The fourth-order valence-electron chi connectivity index (χ4n) is 3.49. The Hall–Kier alpha value is -4.15. The van der Waals surface area contributed by atoms with E-state index in [0.717, 1.165) is 21.8 Å². The van der Waals surface area contributed by atoms with Crippen LogP contribution in [0.1, 0.15) is 5.56 Å². The lowest BCUT2D eigenvalue weighted by atomic mass is 10.1. The first-order valence-electron chi connectivity index (χ1n) is 10.9. The third-order valence-electron chi connectivity index (χ3n) is 5.23. The van der Waals surface area contributed by atoms with Gasteiger partial charge in [0.2, 0.25) is 0 Å². The van der Waals surface area contributed by atoms with E-state index >= 15 is 0 Å². The van der Waals surface area contributed by atoms with Crippen LogP contribution < -0.4 is 9.61 Å². The smallest absolute Gasteiger partial charge is 0.339 e. The first-order valence-corrected chi connectivity index (χ1v) is 13.3. The summed E-state index contributed by atoms with van der Waals surface area (Å²) in [6, 6.07) is 26.4. The van der Waals surface area contributed by atoms with Gasteiger partial charge in [0.1, 0.15) is 4.90 Å². The second kappa shape index (κ2) is 10.2. The largest absolute Gasteiger partial charge is 0.378 e. The second-order valence-electron chi connectivity index (χ2n) is 7.73. The van der Waals surface area contributed by atoms with Crippen LogP contribution in [0.4, 0.5) is 0 Å². The summed E-state index contributed by atoms with van der Waals surface area (Å²) >= 11 is 1.25. The molecule has 0 fully saturated rings. The molecule has 0 saturated heterocycles. The van der Waals surface area contributed by atoms with Crippen molar-refractivity contribution in [1.29, 1.82) is 0 Å². The van der Waals surface area contributed by atoms with Crippen LogP contribution in [0.5, 0.6) is 5.75 Å². The molecule has 5 aromatic rings. The molecule has 0 unspecified atom stereocenters. The number of aromatic amines is 1. The normalized spacial score (nSPS) is 11.8. The van der Waals surface area contributed by atoms with Crippen LogP contribution in [0.2, 0.25) is 0 Å². The van der Waals surface area contributed by atoms with Gasteiger partial charge in [-0.25, -0.2) is 10.4 Å². The highest BCUT2D eigenvalue weighted by Crippen LogP contribution is 2.25. The number of aromatic nitrogens is 2. The summed E-state index contributed by atoms with van der Waals surface area (Å²) in [4.78, 5) is 19.8. The first kappa shape index (κ1) is 23.6. The molecule has 180 valence electrons. The van der Waals surface area contributed by atoms with Gasteiger partial charge in [0.15, 0.2) is 10.9 Å². The SMILES string of the molecule is O=C(CSc1nc2ccccc2[nH]1)N/N=C\c1ccccc1OS(=O)(=O)c1ccc2ccccc2c1. The van der Waals surface area contributed by atoms with Gasteiger partial charge in [-0.1, -0.05) is 66.4 Å². The number of hydrogen-bond acceptors (Lipinski definition) is 7. The Bertz CT molecular complexity index is 1660. The van der Waals surface area contributed by atoms with E-state index in [1.165, 1.54) is 30.1 Å². The van der Waals surface area contributed by atoms with Crippen molar-refractivity contribution in [1.82, 2.24) is 15.4 Å². The van der Waals surface area contributed by atoms with E-state index in [2.05, 4.69) is 20.5 Å². The number of benzene rings is 4. The van der Waals surface area contributed by atoms with Crippen LogP contribution in [-0.2, 0) is 14.9 Å². The molecule has 1 aromatic heterocycles. The molecule has 5 rings (SSSR count). The standard InChI is InChI=1S/C26H20N4O4S2/c31-25(17-35-26-28-22-10-4-5-11-23(22)29-26)30-27-16-20-9-3-6-12-24(20)34-36(32,33)21-14-13-18-7-1-2-8-19(18)15-21/h1-16H,17H2,(H,28,29)(H,30,31)/b27-16-. The van der Waals surface area contributed by atoms with E-state index in [9.17, 15) is 13.2 Å². The quantitative estimate of drug-likeness (QED) is 0.133. The molecule has 1 heterocycles. The van der Waals surface area contributed by atoms with E-state index < -0.39 is 10.1 Å². The molecule has 0 spiro atoms. The molecule has 0 atom stereocenters. The second-order valence-corrected chi connectivity index (χ2v) is 10.2. The Balaban J connectivity index is 1.23. The summed E-state index contributed by atoms with van der Waals surface area (Å²) in [6.07, 6.45) is 1.34. The third kappa shape index (κ3) is 5.40. The third-order valence-corrected chi connectivity index (χ3v) is 7.33. The van der Waals surface area contributed by atoms with Gasteiger partial charge in [0.05, 0.1) is 23.0 Å². The molecule has 0 aliphatic heterocycles. The maximum atomic E-state index is 12.9. The fourth-order valence-corrected chi connectivity index (χ4v) is 5.16. The molecule has 2 N–H and O–H groups in total. The van der Waals surface area contributed by atoms with Crippen molar-refractivity contribution in [2.75, 3.05) is 5.75 Å². The molecule has 36 heavy (non-hydrogen) atoms. The van der Waals surface area contributed by atoms with Gasteiger partial charge in [-0.3, -0.25) is 4.79 Å². The lowest BCUT2D eigenvalue weighted by molar-refractivity contribution is -0.118. The number of carbonyl (C=O) groups is 1. The molecular weight excluding hydrogens is 496 g/mol. The molecule has 0 aliphatic rings. The van der Waals surface area contributed by atoms with Crippen molar-refractivity contribution < 1.29 is 17.4 Å². The van der Waals surface area contributed by atoms with Gasteiger partial charge in [0.25, 0.3) is 5.91 Å².